The number of hydrogen-bond donors (Lipinski definition) is 2. The molecule has 0 radical (unpaired) electrons. The van der Waals surface area contributed by atoms with E-state index in [1.54, 1.807) is 30.3 Å². The third kappa shape index (κ3) is 2.76. The summed E-state index contributed by atoms with van der Waals surface area (Å²) in [7, 11) is 0. The lowest BCUT2D eigenvalue weighted by molar-refractivity contribution is 0.102. The Labute approximate surface area is 130 Å². The van der Waals surface area contributed by atoms with Crippen molar-refractivity contribution < 1.29 is 9.90 Å². The molecule has 1 amide bonds. The molecule has 106 valence electrons. The number of aliphatic hydroxyl groups is 1. The van der Waals surface area contributed by atoms with E-state index in [-0.39, 0.29) is 12.5 Å². The Bertz CT molecular complexity index is 802. The Morgan fingerprint density at radius 1 is 1.24 bits per heavy atom. The van der Waals surface area contributed by atoms with Crippen LogP contribution in [-0.4, -0.2) is 16.0 Å². The zero-order valence-corrected chi connectivity index (χ0v) is 12.4. The van der Waals surface area contributed by atoms with E-state index in [1.165, 1.54) is 11.3 Å². The highest BCUT2D eigenvalue weighted by atomic mass is 35.5. The maximum absolute atomic E-state index is 12.1. The second-order valence-electron chi connectivity index (χ2n) is 4.36. The summed E-state index contributed by atoms with van der Waals surface area (Å²) in [5.41, 5.74) is 1.66. The van der Waals surface area contributed by atoms with Crippen LogP contribution < -0.4 is 5.32 Å². The molecule has 0 saturated heterocycles. The number of nitrogens with zero attached hydrogens (tertiary/aromatic N) is 1. The molecule has 21 heavy (non-hydrogen) atoms. The lowest BCUT2D eigenvalue weighted by Gasteiger charge is -2.07. The van der Waals surface area contributed by atoms with Crippen LogP contribution in [0.15, 0.2) is 42.5 Å². The summed E-state index contributed by atoms with van der Waals surface area (Å²) in [6, 6.07) is 12.5. The van der Waals surface area contributed by atoms with E-state index in [2.05, 4.69) is 10.3 Å². The molecule has 0 aliphatic rings. The van der Waals surface area contributed by atoms with E-state index in [1.807, 2.05) is 12.1 Å². The molecule has 0 aliphatic heterocycles. The van der Waals surface area contributed by atoms with Gasteiger partial charge in [-0.3, -0.25) is 4.79 Å². The zero-order chi connectivity index (χ0) is 14.8. The first-order chi connectivity index (χ1) is 10.2. The van der Waals surface area contributed by atoms with Crippen LogP contribution >= 0.6 is 22.9 Å². The Kier molecular flexibility index (Phi) is 3.88. The number of anilines is 1. The molecule has 0 aliphatic carbocycles. The molecule has 4 nitrogen and oxygen atoms in total. The smallest absolute Gasteiger partial charge is 0.255 e. The molecule has 3 aromatic rings. The van der Waals surface area contributed by atoms with Gasteiger partial charge >= 0.3 is 0 Å². The fraction of sp³-hybridized carbons (Fsp3) is 0.0667. The first-order valence-electron chi connectivity index (χ1n) is 6.24. The van der Waals surface area contributed by atoms with Crippen molar-refractivity contribution >= 4 is 44.7 Å². The Morgan fingerprint density at radius 3 is 2.71 bits per heavy atom. The fourth-order valence-corrected chi connectivity index (χ4v) is 3.10. The van der Waals surface area contributed by atoms with E-state index < -0.39 is 0 Å². The second-order valence-corrected chi connectivity index (χ2v) is 5.85. The number of nitrogens with one attached hydrogen (secondary N) is 1. The molecule has 2 N–H and O–H groups in total. The number of rotatable bonds is 3. The SMILES string of the molecule is O=C(Nc1ccc2sc(CO)nc2c1Cl)c1ccccc1. The molecular formula is C15H11ClN2O2S. The first-order valence-corrected chi connectivity index (χ1v) is 7.43. The van der Waals surface area contributed by atoms with Crippen LogP contribution in [0.2, 0.25) is 5.02 Å². The van der Waals surface area contributed by atoms with Crippen molar-refractivity contribution in [1.82, 2.24) is 4.98 Å². The molecule has 6 heteroatoms. The average Bonchev–Trinajstić information content (AvgIpc) is 2.95. The van der Waals surface area contributed by atoms with Crippen molar-refractivity contribution in [1.29, 1.82) is 0 Å². The van der Waals surface area contributed by atoms with Crippen LogP contribution in [0, 0.1) is 0 Å². The standard InChI is InChI=1S/C15H11ClN2O2S/c16-13-10(17-15(20)9-4-2-1-3-5-9)6-7-11-14(13)18-12(8-19)21-11/h1-7,19H,8H2,(H,17,20). The molecule has 0 unspecified atom stereocenters. The van der Waals surface area contributed by atoms with E-state index in [0.29, 0.717) is 26.8 Å². The van der Waals surface area contributed by atoms with E-state index >= 15 is 0 Å². The summed E-state index contributed by atoms with van der Waals surface area (Å²) in [5.74, 6) is -0.227. The van der Waals surface area contributed by atoms with Gasteiger partial charge in [-0.25, -0.2) is 4.98 Å². The second kappa shape index (κ2) is 5.81. The van der Waals surface area contributed by atoms with Crippen LogP contribution in [0.5, 0.6) is 0 Å². The lowest BCUT2D eigenvalue weighted by Crippen LogP contribution is -2.11. The maximum Gasteiger partial charge on any atom is 0.255 e. The van der Waals surface area contributed by atoms with Crippen molar-refractivity contribution in [2.45, 2.75) is 6.61 Å². The predicted octanol–water partition coefficient (Wildman–Crippen LogP) is 3.69. The van der Waals surface area contributed by atoms with E-state index in [4.69, 9.17) is 16.7 Å². The molecule has 0 fully saturated rings. The monoisotopic (exact) mass is 318 g/mol. The predicted molar refractivity (Wildman–Crippen MR) is 84.9 cm³/mol. The number of benzene rings is 2. The van der Waals surface area contributed by atoms with Gasteiger partial charge in [0.25, 0.3) is 5.91 Å². The van der Waals surface area contributed by atoms with Crippen molar-refractivity contribution in [3.05, 3.63) is 58.1 Å². The van der Waals surface area contributed by atoms with Gasteiger partial charge in [0.1, 0.15) is 10.5 Å². The highest BCUT2D eigenvalue weighted by Crippen LogP contribution is 2.34. The van der Waals surface area contributed by atoms with Crippen molar-refractivity contribution in [3.8, 4) is 0 Å². The van der Waals surface area contributed by atoms with Gasteiger partial charge in [-0.05, 0) is 24.3 Å². The minimum Gasteiger partial charge on any atom is -0.389 e. The Hall–Kier alpha value is -1.95. The molecule has 1 heterocycles. The molecule has 0 spiro atoms. The number of aliphatic hydroxyl groups excluding tert-OH is 1. The van der Waals surface area contributed by atoms with Crippen LogP contribution in [0.4, 0.5) is 5.69 Å². The van der Waals surface area contributed by atoms with Crippen molar-refractivity contribution in [3.63, 3.8) is 0 Å². The van der Waals surface area contributed by atoms with Gasteiger partial charge in [-0.15, -0.1) is 11.3 Å². The zero-order valence-electron chi connectivity index (χ0n) is 10.8. The largest absolute Gasteiger partial charge is 0.389 e. The summed E-state index contributed by atoms with van der Waals surface area (Å²) in [4.78, 5) is 16.4. The highest BCUT2D eigenvalue weighted by Gasteiger charge is 2.13. The summed E-state index contributed by atoms with van der Waals surface area (Å²) in [6.07, 6.45) is 0. The number of amides is 1. The quantitative estimate of drug-likeness (QED) is 0.774. The van der Waals surface area contributed by atoms with Gasteiger partial charge < -0.3 is 10.4 Å². The third-order valence-corrected chi connectivity index (χ3v) is 4.35. The topological polar surface area (TPSA) is 62.2 Å². The molecule has 2 aromatic carbocycles. The number of halogens is 1. The van der Waals surface area contributed by atoms with Crippen LogP contribution in [-0.2, 0) is 6.61 Å². The van der Waals surface area contributed by atoms with Crippen molar-refractivity contribution in [2.24, 2.45) is 0 Å². The lowest BCUT2D eigenvalue weighted by atomic mass is 10.2. The minimum atomic E-state index is -0.227. The number of hydrogen-bond acceptors (Lipinski definition) is 4. The van der Waals surface area contributed by atoms with Gasteiger partial charge in [-0.1, -0.05) is 29.8 Å². The van der Waals surface area contributed by atoms with Gasteiger partial charge in [0.2, 0.25) is 0 Å². The van der Waals surface area contributed by atoms with Gasteiger partial charge in [0.05, 0.1) is 22.0 Å². The van der Waals surface area contributed by atoms with Gasteiger partial charge in [0.15, 0.2) is 0 Å². The van der Waals surface area contributed by atoms with Gasteiger partial charge in [0, 0.05) is 5.56 Å². The highest BCUT2D eigenvalue weighted by molar-refractivity contribution is 7.18. The molecular weight excluding hydrogens is 308 g/mol. The number of aromatic nitrogens is 1. The van der Waals surface area contributed by atoms with Crippen LogP contribution in [0.3, 0.4) is 0 Å². The number of thiazole rings is 1. The molecule has 0 bridgehead atoms. The normalized spacial score (nSPS) is 10.8. The number of fused-ring (bicyclic) bond motifs is 1. The number of carbonyl (C=O) groups is 1. The minimum absolute atomic E-state index is 0.124. The maximum atomic E-state index is 12.1. The molecule has 0 atom stereocenters. The molecule has 1 aromatic heterocycles. The van der Waals surface area contributed by atoms with E-state index in [0.717, 1.165) is 4.70 Å². The number of carbonyl (C=O) groups excluding carboxylic acids is 1. The summed E-state index contributed by atoms with van der Waals surface area (Å²) in [6.45, 7) is -0.124. The summed E-state index contributed by atoms with van der Waals surface area (Å²) >= 11 is 7.67. The third-order valence-electron chi connectivity index (χ3n) is 2.96. The first kappa shape index (κ1) is 14.0. The summed E-state index contributed by atoms with van der Waals surface area (Å²) < 4.78 is 0.877. The molecule has 0 saturated carbocycles. The Morgan fingerprint density at radius 2 is 2.00 bits per heavy atom. The van der Waals surface area contributed by atoms with Crippen molar-refractivity contribution in [2.75, 3.05) is 5.32 Å². The Balaban J connectivity index is 1.94. The van der Waals surface area contributed by atoms with Crippen LogP contribution in [0.1, 0.15) is 15.4 Å². The molecule has 3 rings (SSSR count). The van der Waals surface area contributed by atoms with Crippen LogP contribution in [0.25, 0.3) is 10.2 Å². The van der Waals surface area contributed by atoms with E-state index in [9.17, 15) is 4.79 Å². The summed E-state index contributed by atoms with van der Waals surface area (Å²) in [5, 5.41) is 12.9. The van der Waals surface area contributed by atoms with Gasteiger partial charge in [-0.2, -0.15) is 0 Å². The fourth-order valence-electron chi connectivity index (χ4n) is 1.96. The average molecular weight is 319 g/mol.